The van der Waals surface area contributed by atoms with Gasteiger partial charge >= 0.3 is 0 Å². The monoisotopic (exact) mass is 244 g/mol. The molecule has 0 spiro atoms. The Morgan fingerprint density at radius 1 is 0.722 bits per heavy atom. The Bertz CT molecular complexity index is 516. The summed E-state index contributed by atoms with van der Waals surface area (Å²) in [5.41, 5.74) is 9.79. The van der Waals surface area contributed by atoms with Crippen LogP contribution in [0.15, 0.2) is 36.4 Å². The Morgan fingerprint density at radius 3 is 1.39 bits per heavy atom. The molecule has 18 heavy (non-hydrogen) atoms. The van der Waals surface area contributed by atoms with Crippen molar-refractivity contribution in [1.82, 2.24) is 0 Å². The van der Waals surface area contributed by atoms with Crippen LogP contribution in [0.1, 0.15) is 11.1 Å². The van der Waals surface area contributed by atoms with Gasteiger partial charge in [0.1, 0.15) is 0 Å². The van der Waals surface area contributed by atoms with E-state index in [0.29, 0.717) is 11.4 Å². The fraction of sp³-hybridized carbons (Fsp3) is 0.143. The molecule has 0 aromatic heterocycles. The van der Waals surface area contributed by atoms with Crippen LogP contribution in [0, 0.1) is 13.8 Å². The summed E-state index contributed by atoms with van der Waals surface area (Å²) in [5, 5.41) is 17.8. The highest BCUT2D eigenvalue weighted by atomic mass is 16.5. The number of rotatable bonds is 3. The normalized spacial score (nSPS) is 10.2. The van der Waals surface area contributed by atoms with Crippen LogP contribution in [0.5, 0.6) is 0 Å². The van der Waals surface area contributed by atoms with E-state index in [1.54, 1.807) is 0 Å². The van der Waals surface area contributed by atoms with E-state index >= 15 is 0 Å². The van der Waals surface area contributed by atoms with Gasteiger partial charge in [-0.25, -0.2) is 0 Å². The van der Waals surface area contributed by atoms with Gasteiger partial charge in [0.15, 0.2) is 0 Å². The molecule has 4 N–H and O–H groups in total. The van der Waals surface area contributed by atoms with E-state index in [2.05, 4.69) is 11.0 Å². The third-order valence-corrected chi connectivity index (χ3v) is 3.03. The first-order valence-electron chi connectivity index (χ1n) is 5.67. The third kappa shape index (κ3) is 2.30. The van der Waals surface area contributed by atoms with Gasteiger partial charge in [-0.2, -0.15) is 0 Å². The minimum Gasteiger partial charge on any atom is -0.291 e. The van der Waals surface area contributed by atoms with Crippen LogP contribution in [0.4, 0.5) is 11.4 Å². The fourth-order valence-corrected chi connectivity index (χ4v) is 1.94. The summed E-state index contributed by atoms with van der Waals surface area (Å²) in [6, 6.07) is 11.5. The lowest BCUT2D eigenvalue weighted by Gasteiger charge is -2.10. The van der Waals surface area contributed by atoms with Crippen molar-refractivity contribution in [2.45, 2.75) is 13.8 Å². The molecule has 0 radical (unpaired) electrons. The molecule has 94 valence electrons. The molecule has 0 aliphatic carbocycles. The van der Waals surface area contributed by atoms with Crippen molar-refractivity contribution in [2.75, 3.05) is 11.0 Å². The van der Waals surface area contributed by atoms with Crippen molar-refractivity contribution in [1.29, 1.82) is 0 Å². The number of nitrogens with one attached hydrogen (secondary N) is 2. The van der Waals surface area contributed by atoms with Crippen molar-refractivity contribution in [3.63, 3.8) is 0 Å². The zero-order chi connectivity index (χ0) is 13.1. The molecule has 0 atom stereocenters. The zero-order valence-electron chi connectivity index (χ0n) is 10.4. The molecule has 0 saturated heterocycles. The van der Waals surface area contributed by atoms with Crippen molar-refractivity contribution in [3.8, 4) is 11.1 Å². The predicted octanol–water partition coefficient (Wildman–Crippen LogP) is 3.57. The van der Waals surface area contributed by atoms with Crippen LogP contribution in [-0.2, 0) is 0 Å². The third-order valence-electron chi connectivity index (χ3n) is 3.03. The number of anilines is 2. The first kappa shape index (κ1) is 12.4. The molecule has 0 heterocycles. The Morgan fingerprint density at radius 2 is 1.11 bits per heavy atom. The molecule has 0 bridgehead atoms. The molecule has 2 aromatic rings. The topological polar surface area (TPSA) is 64.5 Å². The molecule has 0 aliphatic rings. The summed E-state index contributed by atoms with van der Waals surface area (Å²) in [7, 11) is 0. The molecule has 4 heteroatoms. The van der Waals surface area contributed by atoms with Crippen molar-refractivity contribution < 1.29 is 10.4 Å². The molecule has 4 nitrogen and oxygen atoms in total. The lowest BCUT2D eigenvalue weighted by Crippen LogP contribution is -1.94. The molecule has 0 unspecified atom stereocenters. The Balaban J connectivity index is 2.42. The smallest absolute Gasteiger partial charge is 0.0631 e. The van der Waals surface area contributed by atoms with Gasteiger partial charge in [0, 0.05) is 0 Å². The Labute approximate surface area is 106 Å². The van der Waals surface area contributed by atoms with E-state index < -0.39 is 0 Å². The molecule has 0 fully saturated rings. The van der Waals surface area contributed by atoms with Gasteiger partial charge in [-0.15, -0.1) is 0 Å². The van der Waals surface area contributed by atoms with Crippen LogP contribution in [0.25, 0.3) is 11.1 Å². The first-order chi connectivity index (χ1) is 8.65. The Hall–Kier alpha value is -2.04. The quantitative estimate of drug-likeness (QED) is 0.623. The summed E-state index contributed by atoms with van der Waals surface area (Å²) in [6.45, 7) is 3.86. The van der Waals surface area contributed by atoms with Crippen LogP contribution >= 0.6 is 0 Å². The van der Waals surface area contributed by atoms with Crippen LogP contribution in [0.2, 0.25) is 0 Å². The SMILES string of the molecule is Cc1cc(-c2ccc(NO)c(C)c2)ccc1NO. The standard InChI is InChI=1S/C14H16N2O2/c1-9-7-11(3-5-13(9)15-17)12-4-6-14(16-18)10(2)8-12/h3-8,15-18H,1-2H3. The van der Waals surface area contributed by atoms with E-state index in [4.69, 9.17) is 10.4 Å². The van der Waals surface area contributed by atoms with E-state index in [1.165, 1.54) is 0 Å². The van der Waals surface area contributed by atoms with E-state index in [-0.39, 0.29) is 0 Å². The maximum atomic E-state index is 8.91. The van der Waals surface area contributed by atoms with Gasteiger partial charge < -0.3 is 0 Å². The van der Waals surface area contributed by atoms with Gasteiger partial charge in [0.2, 0.25) is 0 Å². The maximum Gasteiger partial charge on any atom is 0.0631 e. The van der Waals surface area contributed by atoms with Gasteiger partial charge in [0.05, 0.1) is 11.4 Å². The molecule has 0 aliphatic heterocycles. The highest BCUT2D eigenvalue weighted by molar-refractivity contribution is 5.71. The number of hydrogen-bond acceptors (Lipinski definition) is 4. The van der Waals surface area contributed by atoms with Crippen LogP contribution < -0.4 is 11.0 Å². The minimum atomic E-state index is 0.698. The zero-order valence-corrected chi connectivity index (χ0v) is 10.4. The second-order valence-corrected chi connectivity index (χ2v) is 4.28. The van der Waals surface area contributed by atoms with E-state index in [0.717, 1.165) is 22.3 Å². The van der Waals surface area contributed by atoms with Gasteiger partial charge in [0.25, 0.3) is 0 Å². The van der Waals surface area contributed by atoms with Gasteiger partial charge in [-0.05, 0) is 60.4 Å². The summed E-state index contributed by atoms with van der Waals surface area (Å²) >= 11 is 0. The van der Waals surface area contributed by atoms with Crippen LogP contribution in [0.3, 0.4) is 0 Å². The predicted molar refractivity (Wildman–Crippen MR) is 72.2 cm³/mol. The average Bonchev–Trinajstić information content (AvgIpc) is 2.38. The lowest BCUT2D eigenvalue weighted by atomic mass is 10.0. The molecule has 0 saturated carbocycles. The molecule has 2 aromatic carbocycles. The molecule has 0 amide bonds. The van der Waals surface area contributed by atoms with E-state index in [9.17, 15) is 0 Å². The minimum absolute atomic E-state index is 0.698. The molecular formula is C14H16N2O2. The summed E-state index contributed by atoms with van der Waals surface area (Å²) in [6.07, 6.45) is 0. The molecule has 2 rings (SSSR count). The Kier molecular flexibility index (Phi) is 3.50. The van der Waals surface area contributed by atoms with Crippen molar-refractivity contribution >= 4 is 11.4 Å². The fourth-order valence-electron chi connectivity index (χ4n) is 1.94. The van der Waals surface area contributed by atoms with Crippen LogP contribution in [-0.4, -0.2) is 10.4 Å². The van der Waals surface area contributed by atoms with Gasteiger partial charge in [-0.3, -0.25) is 21.4 Å². The highest BCUT2D eigenvalue weighted by Crippen LogP contribution is 2.27. The van der Waals surface area contributed by atoms with Crippen molar-refractivity contribution in [2.24, 2.45) is 0 Å². The first-order valence-corrected chi connectivity index (χ1v) is 5.67. The number of hydrogen-bond donors (Lipinski definition) is 4. The number of aryl methyl sites for hydroxylation is 2. The number of benzene rings is 2. The maximum absolute atomic E-state index is 8.91. The largest absolute Gasteiger partial charge is 0.291 e. The summed E-state index contributed by atoms with van der Waals surface area (Å²) in [4.78, 5) is 0. The highest BCUT2D eigenvalue weighted by Gasteiger charge is 2.04. The summed E-state index contributed by atoms with van der Waals surface area (Å²) < 4.78 is 0. The summed E-state index contributed by atoms with van der Waals surface area (Å²) in [5.74, 6) is 0. The van der Waals surface area contributed by atoms with Gasteiger partial charge in [-0.1, -0.05) is 12.1 Å². The van der Waals surface area contributed by atoms with Crippen molar-refractivity contribution in [3.05, 3.63) is 47.5 Å². The second kappa shape index (κ2) is 5.08. The lowest BCUT2D eigenvalue weighted by molar-refractivity contribution is 0.388. The van der Waals surface area contributed by atoms with E-state index in [1.807, 2.05) is 50.2 Å². The average molecular weight is 244 g/mol. The molecular weight excluding hydrogens is 228 g/mol. The second-order valence-electron chi connectivity index (χ2n) is 4.28.